The molecule has 6 nitrogen and oxygen atoms in total. The van der Waals surface area contributed by atoms with Crippen molar-refractivity contribution in [3.05, 3.63) is 100 Å². The van der Waals surface area contributed by atoms with Crippen molar-refractivity contribution in [2.24, 2.45) is 5.92 Å². The van der Waals surface area contributed by atoms with Crippen LogP contribution in [0, 0.1) is 5.92 Å². The van der Waals surface area contributed by atoms with Crippen molar-refractivity contribution < 1.29 is 13.2 Å². The summed E-state index contributed by atoms with van der Waals surface area (Å²) in [5.41, 5.74) is 2.23. The van der Waals surface area contributed by atoms with Crippen LogP contribution < -0.4 is 15.4 Å². The Morgan fingerprint density at radius 1 is 0.914 bits per heavy atom. The van der Waals surface area contributed by atoms with Crippen LogP contribution in [0.2, 0.25) is 10.0 Å². The predicted octanol–water partition coefficient (Wildman–Crippen LogP) is 4.20. The van der Waals surface area contributed by atoms with Gasteiger partial charge in [0, 0.05) is 31.6 Å². The third kappa shape index (κ3) is 6.42. The Morgan fingerprint density at radius 3 is 2.17 bits per heavy atom. The van der Waals surface area contributed by atoms with E-state index in [9.17, 15) is 13.2 Å². The van der Waals surface area contributed by atoms with Crippen molar-refractivity contribution in [3.8, 4) is 0 Å². The predicted molar refractivity (Wildman–Crippen MR) is 139 cm³/mol. The molecule has 0 aliphatic carbocycles. The van der Waals surface area contributed by atoms with Gasteiger partial charge in [-0.05, 0) is 29.7 Å². The zero-order valence-corrected chi connectivity index (χ0v) is 21.3. The molecule has 4 rings (SSSR count). The number of sulfonamides is 1. The second kappa shape index (κ2) is 11.5. The summed E-state index contributed by atoms with van der Waals surface area (Å²) >= 11 is 12.1. The summed E-state index contributed by atoms with van der Waals surface area (Å²) in [7, 11) is -3.90. The molecule has 0 unspecified atom stereocenters. The number of benzene rings is 3. The van der Waals surface area contributed by atoms with E-state index in [1.807, 2.05) is 36.4 Å². The first-order valence-corrected chi connectivity index (χ1v) is 13.6. The molecule has 0 bridgehead atoms. The number of rotatable bonds is 8. The minimum Gasteiger partial charge on any atom is -0.355 e. The molecule has 1 heterocycles. The van der Waals surface area contributed by atoms with Gasteiger partial charge in [-0.2, -0.15) is 0 Å². The first-order chi connectivity index (χ1) is 16.8. The summed E-state index contributed by atoms with van der Waals surface area (Å²) in [6.07, 6.45) is 0.373. The Balaban J connectivity index is 1.41. The molecule has 1 fully saturated rings. The molecule has 1 aliphatic rings. The molecule has 3 N–H and O–H groups in total. The number of halogens is 2. The maximum atomic E-state index is 13.1. The highest BCUT2D eigenvalue weighted by Gasteiger charge is 2.31. The highest BCUT2D eigenvalue weighted by atomic mass is 35.5. The fourth-order valence-corrected chi connectivity index (χ4v) is 6.36. The van der Waals surface area contributed by atoms with E-state index in [0.29, 0.717) is 26.1 Å². The molecule has 35 heavy (non-hydrogen) atoms. The number of piperidine rings is 1. The van der Waals surface area contributed by atoms with Gasteiger partial charge in [0.2, 0.25) is 15.9 Å². The van der Waals surface area contributed by atoms with Gasteiger partial charge in [-0.25, -0.2) is 13.1 Å². The molecule has 1 saturated heterocycles. The fourth-order valence-electron chi connectivity index (χ4n) is 4.35. The Bertz CT molecular complexity index is 1220. The van der Waals surface area contributed by atoms with Gasteiger partial charge in [-0.1, -0.05) is 89.9 Å². The number of hydrogen-bond acceptors (Lipinski definition) is 4. The quantitative estimate of drug-likeness (QED) is 0.406. The van der Waals surface area contributed by atoms with Crippen LogP contribution in [0.5, 0.6) is 0 Å². The van der Waals surface area contributed by atoms with Gasteiger partial charge >= 0.3 is 0 Å². The molecule has 1 amide bonds. The Kier molecular flexibility index (Phi) is 8.46. The highest BCUT2D eigenvalue weighted by Crippen LogP contribution is 2.29. The summed E-state index contributed by atoms with van der Waals surface area (Å²) in [6, 6.07) is 24.1. The largest absolute Gasteiger partial charge is 0.355 e. The average molecular weight is 532 g/mol. The first kappa shape index (κ1) is 25.7. The van der Waals surface area contributed by atoms with E-state index in [1.165, 1.54) is 18.2 Å². The van der Waals surface area contributed by atoms with E-state index in [1.54, 1.807) is 0 Å². The summed E-state index contributed by atoms with van der Waals surface area (Å²) in [6.45, 7) is 1.33. The van der Waals surface area contributed by atoms with Crippen LogP contribution in [0.1, 0.15) is 23.5 Å². The smallest absolute Gasteiger partial charge is 0.242 e. The number of carbonyl (C=O) groups is 1. The lowest BCUT2D eigenvalue weighted by molar-refractivity contribution is -0.125. The van der Waals surface area contributed by atoms with Gasteiger partial charge < -0.3 is 10.6 Å². The molecule has 184 valence electrons. The van der Waals surface area contributed by atoms with E-state index < -0.39 is 16.1 Å². The number of amides is 1. The number of hydrogen-bond donors (Lipinski definition) is 3. The zero-order valence-electron chi connectivity index (χ0n) is 19.0. The SMILES string of the molecule is O=C(NCC(c1ccccc1)c1ccccc1)[C@@H]1CNC[C@@H](NS(=O)(=O)c2cccc(Cl)c2Cl)C1. The van der Waals surface area contributed by atoms with Gasteiger partial charge in [0.1, 0.15) is 4.90 Å². The fraction of sp³-hybridized carbons (Fsp3) is 0.269. The topological polar surface area (TPSA) is 87.3 Å². The third-order valence-electron chi connectivity index (χ3n) is 6.13. The van der Waals surface area contributed by atoms with Gasteiger partial charge in [0.05, 0.1) is 16.0 Å². The van der Waals surface area contributed by atoms with Gasteiger partial charge in [0.25, 0.3) is 0 Å². The van der Waals surface area contributed by atoms with Gasteiger partial charge in [-0.15, -0.1) is 0 Å². The van der Waals surface area contributed by atoms with E-state index in [2.05, 4.69) is 39.6 Å². The minimum atomic E-state index is -3.90. The van der Waals surface area contributed by atoms with Gasteiger partial charge in [-0.3, -0.25) is 4.79 Å². The van der Waals surface area contributed by atoms with Gasteiger partial charge in [0.15, 0.2) is 0 Å². The Morgan fingerprint density at radius 2 is 1.54 bits per heavy atom. The van der Waals surface area contributed by atoms with E-state index in [-0.39, 0.29) is 32.7 Å². The molecule has 9 heteroatoms. The highest BCUT2D eigenvalue weighted by molar-refractivity contribution is 7.89. The van der Waals surface area contributed by atoms with Crippen molar-refractivity contribution in [2.45, 2.75) is 23.3 Å². The first-order valence-electron chi connectivity index (χ1n) is 11.4. The molecule has 1 aliphatic heterocycles. The standard InChI is InChI=1S/C26H27Cl2N3O3S/c27-23-12-7-13-24(25(23)28)35(33,34)31-21-14-20(15-29-16-21)26(32)30-17-22(18-8-3-1-4-9-18)19-10-5-2-6-11-19/h1-13,20-22,29,31H,14-17H2,(H,30,32)/t20-,21-/m0/s1. The maximum absolute atomic E-state index is 13.1. The van der Waals surface area contributed by atoms with E-state index in [4.69, 9.17) is 23.2 Å². The summed E-state index contributed by atoms with van der Waals surface area (Å²) < 4.78 is 28.5. The molecule has 3 aromatic rings. The molecule has 3 aromatic carbocycles. The summed E-state index contributed by atoms with van der Waals surface area (Å²) in [5.74, 6) is -0.477. The van der Waals surface area contributed by atoms with E-state index in [0.717, 1.165) is 11.1 Å². The molecular weight excluding hydrogens is 505 g/mol. The molecule has 2 atom stereocenters. The van der Waals surface area contributed by atoms with Crippen molar-refractivity contribution in [1.29, 1.82) is 0 Å². The molecule has 0 aromatic heterocycles. The Labute approximate surface area is 216 Å². The molecule has 0 spiro atoms. The van der Waals surface area contributed by atoms with Crippen LogP contribution in [0.15, 0.2) is 83.8 Å². The maximum Gasteiger partial charge on any atom is 0.242 e. The van der Waals surface area contributed by atoms with E-state index >= 15 is 0 Å². The van der Waals surface area contributed by atoms with Crippen LogP contribution in [0.4, 0.5) is 0 Å². The third-order valence-corrected chi connectivity index (χ3v) is 8.63. The lowest BCUT2D eigenvalue weighted by atomic mass is 9.90. The summed E-state index contributed by atoms with van der Waals surface area (Å²) in [4.78, 5) is 13.0. The van der Waals surface area contributed by atoms with Crippen molar-refractivity contribution in [1.82, 2.24) is 15.4 Å². The average Bonchev–Trinajstić information content (AvgIpc) is 2.87. The number of nitrogens with one attached hydrogen (secondary N) is 3. The van der Waals surface area contributed by atoms with Crippen LogP contribution in [-0.2, 0) is 14.8 Å². The normalized spacial score (nSPS) is 18.4. The second-order valence-corrected chi connectivity index (χ2v) is 11.0. The Hall–Kier alpha value is -2.42. The van der Waals surface area contributed by atoms with Crippen LogP contribution >= 0.6 is 23.2 Å². The zero-order chi connectivity index (χ0) is 24.8. The lowest BCUT2D eigenvalue weighted by Crippen LogP contribution is -2.52. The lowest BCUT2D eigenvalue weighted by Gasteiger charge is -2.30. The molecular formula is C26H27Cl2N3O3S. The van der Waals surface area contributed by atoms with Crippen LogP contribution in [-0.4, -0.2) is 40.0 Å². The molecule has 0 saturated carbocycles. The second-order valence-electron chi connectivity index (χ2n) is 8.58. The summed E-state index contributed by atoms with van der Waals surface area (Å²) in [5, 5.41) is 6.40. The molecule has 0 radical (unpaired) electrons. The minimum absolute atomic E-state index is 0.0113. The number of carbonyl (C=O) groups excluding carboxylic acids is 1. The van der Waals surface area contributed by atoms with Crippen molar-refractivity contribution in [3.63, 3.8) is 0 Å². The van der Waals surface area contributed by atoms with Crippen molar-refractivity contribution in [2.75, 3.05) is 19.6 Å². The van der Waals surface area contributed by atoms with Crippen molar-refractivity contribution >= 4 is 39.1 Å². The monoisotopic (exact) mass is 531 g/mol. The van der Waals surface area contributed by atoms with Crippen LogP contribution in [0.3, 0.4) is 0 Å². The van der Waals surface area contributed by atoms with Crippen LogP contribution in [0.25, 0.3) is 0 Å².